The second-order valence-electron chi connectivity index (χ2n) is 6.25. The summed E-state index contributed by atoms with van der Waals surface area (Å²) in [4.78, 5) is 40.3. The van der Waals surface area contributed by atoms with E-state index in [0.717, 1.165) is 17.3 Å². The van der Waals surface area contributed by atoms with Crippen molar-refractivity contribution >= 4 is 46.5 Å². The summed E-state index contributed by atoms with van der Waals surface area (Å²) in [5.74, 6) is -1.86. The molecule has 0 radical (unpaired) electrons. The fraction of sp³-hybridized carbons (Fsp3) is 0.143. The van der Waals surface area contributed by atoms with Crippen molar-refractivity contribution in [2.75, 3.05) is 18.6 Å². The molecule has 0 saturated heterocycles. The number of aliphatic carboxylic acids is 1. The van der Waals surface area contributed by atoms with Gasteiger partial charge in [-0.25, -0.2) is 4.79 Å². The molecule has 154 valence electrons. The number of aromatic carboxylic acids is 1. The minimum atomic E-state index is -1.06. The van der Waals surface area contributed by atoms with Crippen LogP contribution in [0.4, 0.5) is 5.69 Å². The average Bonchev–Trinajstić information content (AvgIpc) is 3.08. The molecule has 2 aromatic carbocycles. The van der Waals surface area contributed by atoms with Crippen LogP contribution in [0.1, 0.15) is 22.3 Å². The highest BCUT2D eigenvalue weighted by molar-refractivity contribution is 8.18. The summed E-state index contributed by atoms with van der Waals surface area (Å²) >= 11 is 1.16. The normalized spacial score (nSPS) is 14.5. The molecule has 0 spiro atoms. The van der Waals surface area contributed by atoms with Crippen molar-refractivity contribution in [1.82, 2.24) is 0 Å². The van der Waals surface area contributed by atoms with Crippen molar-refractivity contribution in [3.63, 3.8) is 0 Å². The minimum absolute atomic E-state index is 0.0749. The summed E-state index contributed by atoms with van der Waals surface area (Å²) in [6.07, 6.45) is 1.59. The number of carbonyl (C=O) groups excluding carboxylic acids is 1. The van der Waals surface area contributed by atoms with Crippen LogP contribution < -0.4 is 9.64 Å². The number of anilines is 1. The molecule has 0 fully saturated rings. The van der Waals surface area contributed by atoms with Gasteiger partial charge in [0.05, 0.1) is 29.2 Å². The van der Waals surface area contributed by atoms with E-state index in [1.807, 2.05) is 0 Å². The van der Waals surface area contributed by atoms with Crippen molar-refractivity contribution in [3.05, 3.63) is 64.6 Å². The van der Waals surface area contributed by atoms with Gasteiger partial charge in [-0.2, -0.15) is 4.99 Å². The fourth-order valence-corrected chi connectivity index (χ4v) is 3.55. The Labute approximate surface area is 176 Å². The molecule has 1 heterocycles. The number of hydrogen-bond acceptors (Lipinski definition) is 6. The Morgan fingerprint density at radius 2 is 1.83 bits per heavy atom. The number of amides is 1. The van der Waals surface area contributed by atoms with Crippen LogP contribution in [0.5, 0.6) is 5.75 Å². The third-order valence-electron chi connectivity index (χ3n) is 4.15. The molecule has 1 amide bonds. The molecule has 30 heavy (non-hydrogen) atoms. The summed E-state index contributed by atoms with van der Waals surface area (Å²) in [5, 5.41) is 18.4. The number of thioether (sulfide) groups is 1. The van der Waals surface area contributed by atoms with Crippen molar-refractivity contribution in [2.24, 2.45) is 4.99 Å². The Kier molecular flexibility index (Phi) is 6.53. The summed E-state index contributed by atoms with van der Waals surface area (Å²) < 4.78 is 5.34. The molecular formula is C21H18N2O6S. The highest BCUT2D eigenvalue weighted by Crippen LogP contribution is 2.33. The zero-order valence-corrected chi connectivity index (χ0v) is 16.8. The van der Waals surface area contributed by atoms with E-state index in [0.29, 0.717) is 21.5 Å². The van der Waals surface area contributed by atoms with E-state index in [9.17, 15) is 19.5 Å². The van der Waals surface area contributed by atoms with Gasteiger partial charge < -0.3 is 19.8 Å². The van der Waals surface area contributed by atoms with Gasteiger partial charge in [-0.15, -0.1) is 0 Å². The largest absolute Gasteiger partial charge is 0.493 e. The minimum Gasteiger partial charge on any atom is -0.493 e. The van der Waals surface area contributed by atoms with Crippen LogP contribution in [-0.4, -0.2) is 46.9 Å². The number of benzene rings is 2. The predicted octanol–water partition coefficient (Wildman–Crippen LogP) is 3.35. The van der Waals surface area contributed by atoms with E-state index in [2.05, 4.69) is 4.99 Å². The average molecular weight is 426 g/mol. The van der Waals surface area contributed by atoms with Crippen molar-refractivity contribution in [3.8, 4) is 5.75 Å². The molecule has 2 N–H and O–H groups in total. The lowest BCUT2D eigenvalue weighted by atomic mass is 10.1. The number of amidine groups is 1. The quantitative estimate of drug-likeness (QED) is 0.648. The van der Waals surface area contributed by atoms with E-state index >= 15 is 0 Å². The first-order chi connectivity index (χ1) is 14.3. The van der Waals surface area contributed by atoms with E-state index in [4.69, 9.17) is 9.84 Å². The maximum atomic E-state index is 12.3. The van der Waals surface area contributed by atoms with Crippen LogP contribution in [0.3, 0.4) is 0 Å². The van der Waals surface area contributed by atoms with Gasteiger partial charge >= 0.3 is 11.9 Å². The first kappa shape index (κ1) is 21.1. The Balaban J connectivity index is 1.70. The molecule has 2 aromatic rings. The number of rotatable bonds is 7. The van der Waals surface area contributed by atoms with Gasteiger partial charge in [-0.05, 0) is 47.7 Å². The zero-order valence-electron chi connectivity index (χ0n) is 15.9. The Hall–Kier alpha value is -3.59. The van der Waals surface area contributed by atoms with E-state index < -0.39 is 17.8 Å². The topological polar surface area (TPSA) is 117 Å². The lowest BCUT2D eigenvalue weighted by Crippen LogP contribution is -2.24. The molecule has 1 aliphatic rings. The summed E-state index contributed by atoms with van der Waals surface area (Å²) in [5.41, 5.74) is 1.31. The van der Waals surface area contributed by atoms with Crippen LogP contribution in [0.25, 0.3) is 6.08 Å². The van der Waals surface area contributed by atoms with Crippen LogP contribution in [0.2, 0.25) is 0 Å². The Morgan fingerprint density at radius 1 is 1.13 bits per heavy atom. The summed E-state index contributed by atoms with van der Waals surface area (Å²) in [6.45, 7) is 0.0749. The third kappa shape index (κ3) is 5.06. The molecule has 8 nitrogen and oxygen atoms in total. The van der Waals surface area contributed by atoms with Crippen LogP contribution in [0, 0.1) is 0 Å². The standard InChI is InChI=1S/C21H18N2O6S/c1-23(16-5-3-2-4-15(16)20(27)28)21-22-19(26)17(30-21)12-13-6-8-14(9-7-13)29-11-10-18(24)25/h2-9,12H,10-11H2,1H3,(H,24,25)(H,27,28)/b17-12-. The molecule has 0 aromatic heterocycles. The Morgan fingerprint density at radius 3 is 2.50 bits per heavy atom. The number of carboxylic acids is 2. The van der Waals surface area contributed by atoms with E-state index in [1.54, 1.807) is 60.5 Å². The number of carbonyl (C=O) groups is 3. The van der Waals surface area contributed by atoms with Gasteiger partial charge in [-0.3, -0.25) is 9.59 Å². The molecule has 0 atom stereocenters. The van der Waals surface area contributed by atoms with Crippen LogP contribution >= 0.6 is 11.8 Å². The van der Waals surface area contributed by atoms with Gasteiger partial charge in [0.25, 0.3) is 5.91 Å². The molecule has 0 saturated carbocycles. The van der Waals surface area contributed by atoms with Crippen molar-refractivity contribution in [1.29, 1.82) is 0 Å². The second kappa shape index (κ2) is 9.27. The smallest absolute Gasteiger partial charge is 0.337 e. The van der Waals surface area contributed by atoms with E-state index in [-0.39, 0.29) is 18.6 Å². The summed E-state index contributed by atoms with van der Waals surface area (Å²) in [7, 11) is 1.66. The maximum Gasteiger partial charge on any atom is 0.337 e. The van der Waals surface area contributed by atoms with Crippen LogP contribution in [0.15, 0.2) is 58.4 Å². The molecule has 3 rings (SSSR count). The van der Waals surface area contributed by atoms with Crippen LogP contribution in [-0.2, 0) is 9.59 Å². The molecule has 1 aliphatic heterocycles. The number of carboxylic acid groups (broad SMARTS) is 2. The van der Waals surface area contributed by atoms with E-state index in [1.165, 1.54) is 6.07 Å². The molecular weight excluding hydrogens is 408 g/mol. The Bertz CT molecular complexity index is 1050. The number of ether oxygens (including phenoxy) is 1. The zero-order chi connectivity index (χ0) is 21.7. The first-order valence-electron chi connectivity index (χ1n) is 8.88. The number of nitrogens with zero attached hydrogens (tertiary/aromatic N) is 2. The lowest BCUT2D eigenvalue weighted by molar-refractivity contribution is -0.137. The number of aliphatic imine (C=N–C) groups is 1. The van der Waals surface area contributed by atoms with Crippen molar-refractivity contribution < 1.29 is 29.3 Å². The SMILES string of the molecule is CN(C1=NC(=O)/C(=C/c2ccc(OCCC(=O)O)cc2)S1)c1ccccc1C(=O)O. The number of hydrogen-bond donors (Lipinski definition) is 2. The second-order valence-corrected chi connectivity index (χ2v) is 7.26. The van der Waals surface area contributed by atoms with Gasteiger partial charge in [0.2, 0.25) is 0 Å². The van der Waals surface area contributed by atoms with Gasteiger partial charge in [0.1, 0.15) is 5.75 Å². The molecule has 0 aliphatic carbocycles. The molecule has 0 unspecified atom stereocenters. The first-order valence-corrected chi connectivity index (χ1v) is 9.70. The molecule has 0 bridgehead atoms. The third-order valence-corrected chi connectivity index (χ3v) is 5.21. The van der Waals surface area contributed by atoms with Gasteiger partial charge in [0.15, 0.2) is 5.17 Å². The monoisotopic (exact) mass is 426 g/mol. The summed E-state index contributed by atoms with van der Waals surface area (Å²) in [6, 6.07) is 13.4. The highest BCUT2D eigenvalue weighted by Gasteiger charge is 2.26. The number of para-hydroxylation sites is 1. The highest BCUT2D eigenvalue weighted by atomic mass is 32.2. The maximum absolute atomic E-state index is 12.3. The fourth-order valence-electron chi connectivity index (χ4n) is 2.66. The van der Waals surface area contributed by atoms with Gasteiger partial charge in [0, 0.05) is 7.05 Å². The lowest BCUT2D eigenvalue weighted by Gasteiger charge is -2.19. The predicted molar refractivity (Wildman–Crippen MR) is 114 cm³/mol. The van der Waals surface area contributed by atoms with Crippen molar-refractivity contribution in [2.45, 2.75) is 6.42 Å². The molecule has 9 heteroatoms. The van der Waals surface area contributed by atoms with Gasteiger partial charge in [-0.1, -0.05) is 24.3 Å².